The molecule has 42 valence electrons. The monoisotopic (exact) mass is 140 g/mol. The van der Waals surface area contributed by atoms with E-state index in [4.69, 9.17) is 0 Å². The van der Waals surface area contributed by atoms with E-state index < -0.39 is 0 Å². The van der Waals surface area contributed by atoms with Crippen molar-refractivity contribution in [2.24, 2.45) is 0 Å². The van der Waals surface area contributed by atoms with Crippen molar-refractivity contribution in [3.05, 3.63) is 0 Å². The van der Waals surface area contributed by atoms with E-state index in [9.17, 15) is 0 Å². The second-order valence-electron chi connectivity index (χ2n) is 2.12. The van der Waals surface area contributed by atoms with Gasteiger partial charge >= 0.3 is 29.6 Å². The average molecular weight is 140 g/mol. The van der Waals surface area contributed by atoms with Crippen LogP contribution in [0.5, 0.6) is 0 Å². The van der Waals surface area contributed by atoms with Crippen molar-refractivity contribution < 1.29 is 34.3 Å². The molecule has 8 heavy (non-hydrogen) atoms. The van der Waals surface area contributed by atoms with Gasteiger partial charge in [-0.1, -0.05) is 29.8 Å². The van der Waals surface area contributed by atoms with Crippen LogP contribution in [0.2, 0.25) is 10.6 Å². The van der Waals surface area contributed by atoms with Gasteiger partial charge in [-0.15, -0.1) is 0 Å². The summed E-state index contributed by atoms with van der Waals surface area (Å²) < 4.78 is 0. The summed E-state index contributed by atoms with van der Waals surface area (Å²) >= 11 is 0.508. The largest absolute Gasteiger partial charge is 1.00 e. The predicted octanol–water partition coefficient (Wildman–Crippen LogP) is -4.55. The molecule has 0 aromatic rings. The molecule has 0 aromatic carbocycles. The second-order valence-corrected chi connectivity index (χ2v) is 4.24. The Bertz CT molecular complexity index is 27.9. The van der Waals surface area contributed by atoms with Crippen LogP contribution in [0.3, 0.4) is 0 Å². The topological polar surface area (TPSA) is 0 Å². The normalized spacial score (nSPS) is 17.0. The molecule has 1 aliphatic heterocycles. The molecule has 1 saturated heterocycles. The van der Waals surface area contributed by atoms with E-state index in [0.29, 0.717) is 15.2 Å². The Kier molecular flexibility index (Phi) is 12.9. The van der Waals surface area contributed by atoms with E-state index in [2.05, 4.69) is 0 Å². The Morgan fingerprint density at radius 3 is 1.50 bits per heavy atom. The minimum absolute atomic E-state index is 0. The molecule has 3 heteroatoms. The molecule has 1 rings (SSSR count). The third-order valence-electron chi connectivity index (χ3n) is 1.50. The van der Waals surface area contributed by atoms with Gasteiger partial charge in [0.05, 0.1) is 0 Å². The molecule has 0 bridgehead atoms. The molecule has 0 atom stereocenters. The van der Waals surface area contributed by atoms with E-state index >= 15 is 0 Å². The minimum Gasteiger partial charge on any atom is -1.00 e. The SMILES string of the molecule is C1C[CH2][AlH][CH2]C1.[F-].[Na+]. The summed E-state index contributed by atoms with van der Waals surface area (Å²) in [5.74, 6) is 0. The standard InChI is InChI=1S/C5H10.Al.FH.Na.H/c1-3-5-4-2;;;;/h1-5H2;;1H;;/q;;;+1;/p-1. The quantitative estimate of drug-likeness (QED) is 0.297. The van der Waals surface area contributed by atoms with Gasteiger partial charge in [-0.2, -0.15) is 0 Å². The zero-order valence-electron chi connectivity index (χ0n) is 5.62. The first-order chi connectivity index (χ1) is 3.00. The van der Waals surface area contributed by atoms with Crippen LogP contribution >= 0.6 is 0 Å². The van der Waals surface area contributed by atoms with E-state index in [1.165, 1.54) is 6.42 Å². The molecule has 1 fully saturated rings. The Labute approximate surface area is 78.8 Å². The van der Waals surface area contributed by atoms with E-state index in [0.717, 1.165) is 0 Å². The van der Waals surface area contributed by atoms with E-state index in [1.54, 1.807) is 23.4 Å². The van der Waals surface area contributed by atoms with Crippen molar-refractivity contribution in [3.63, 3.8) is 0 Å². The molecule has 0 nitrogen and oxygen atoms in total. The molecule has 0 aliphatic carbocycles. The average Bonchev–Trinajstić information content (AvgIpc) is 1.72. The number of hydrogen-bond donors (Lipinski definition) is 0. The van der Waals surface area contributed by atoms with Crippen LogP contribution in [-0.2, 0) is 0 Å². The van der Waals surface area contributed by atoms with Crippen LogP contribution < -0.4 is 34.3 Å². The molecule has 1 aliphatic rings. The number of halogens is 1. The smallest absolute Gasteiger partial charge is 1.00 e. The molecule has 0 N–H and O–H groups in total. The van der Waals surface area contributed by atoms with Crippen molar-refractivity contribution in [1.29, 1.82) is 0 Å². The van der Waals surface area contributed by atoms with Crippen LogP contribution in [0.15, 0.2) is 0 Å². The predicted molar refractivity (Wildman–Crippen MR) is 30.6 cm³/mol. The Morgan fingerprint density at radius 2 is 1.38 bits per heavy atom. The fourth-order valence-corrected chi connectivity index (χ4v) is 2.83. The molecule has 0 unspecified atom stereocenters. The summed E-state index contributed by atoms with van der Waals surface area (Å²) in [4.78, 5) is 0. The van der Waals surface area contributed by atoms with E-state index in [1.807, 2.05) is 0 Å². The van der Waals surface area contributed by atoms with Gasteiger partial charge in [0, 0.05) is 0 Å². The number of rotatable bonds is 0. The first-order valence-electron chi connectivity index (χ1n) is 3.00. The van der Waals surface area contributed by atoms with Gasteiger partial charge in [-0.05, 0) is 0 Å². The van der Waals surface area contributed by atoms with Crippen LogP contribution in [0, 0.1) is 0 Å². The molecular weight excluding hydrogens is 129 g/mol. The summed E-state index contributed by atoms with van der Waals surface area (Å²) in [5, 5.41) is 3.28. The number of hydrogen-bond acceptors (Lipinski definition) is 0. The van der Waals surface area contributed by atoms with Gasteiger partial charge in [-0.25, -0.2) is 0 Å². The van der Waals surface area contributed by atoms with Crippen LogP contribution in [-0.4, -0.2) is 15.2 Å². The van der Waals surface area contributed by atoms with Gasteiger partial charge in [0.15, 0.2) is 0 Å². The fraction of sp³-hybridized carbons (Fsp3) is 1.00. The van der Waals surface area contributed by atoms with Gasteiger partial charge in [-0.3, -0.25) is 0 Å². The maximum atomic E-state index is 1.64. The first-order valence-corrected chi connectivity index (χ1v) is 5.00. The maximum absolute atomic E-state index is 1.64. The molecule has 0 radical (unpaired) electrons. The third-order valence-corrected chi connectivity index (χ3v) is 3.50. The zero-order valence-corrected chi connectivity index (χ0v) is 9.03. The summed E-state index contributed by atoms with van der Waals surface area (Å²) in [5.41, 5.74) is 0. The Morgan fingerprint density at radius 1 is 0.875 bits per heavy atom. The summed E-state index contributed by atoms with van der Waals surface area (Å²) in [7, 11) is 0. The van der Waals surface area contributed by atoms with Crippen LogP contribution in [0.1, 0.15) is 19.3 Å². The Balaban J connectivity index is 0. The molecule has 0 spiro atoms. The van der Waals surface area contributed by atoms with Crippen molar-refractivity contribution in [3.8, 4) is 0 Å². The summed E-state index contributed by atoms with van der Waals surface area (Å²) in [6.07, 6.45) is 4.66. The molecule has 0 saturated carbocycles. The summed E-state index contributed by atoms with van der Waals surface area (Å²) in [6, 6.07) is 0. The first kappa shape index (κ1) is 12.2. The van der Waals surface area contributed by atoms with E-state index in [-0.39, 0.29) is 34.3 Å². The molecule has 0 aromatic heterocycles. The minimum atomic E-state index is 0. The van der Waals surface area contributed by atoms with Crippen molar-refractivity contribution in [1.82, 2.24) is 0 Å². The van der Waals surface area contributed by atoms with Crippen molar-refractivity contribution >= 4 is 15.2 Å². The molecular formula is C5H11AlFNa. The van der Waals surface area contributed by atoms with Crippen LogP contribution in [0.25, 0.3) is 0 Å². The molecule has 0 amide bonds. The van der Waals surface area contributed by atoms with Gasteiger partial charge in [0.1, 0.15) is 0 Å². The van der Waals surface area contributed by atoms with Crippen LogP contribution in [0.4, 0.5) is 0 Å². The zero-order chi connectivity index (χ0) is 4.24. The Hall–Kier alpha value is 1.46. The third kappa shape index (κ3) is 5.60. The maximum Gasteiger partial charge on any atom is 1.00 e. The van der Waals surface area contributed by atoms with Gasteiger partial charge < -0.3 is 4.70 Å². The van der Waals surface area contributed by atoms with Gasteiger partial charge in [0.2, 0.25) is 15.2 Å². The fourth-order valence-electron chi connectivity index (χ4n) is 1.06. The molecule has 1 heterocycles. The van der Waals surface area contributed by atoms with Gasteiger partial charge in [0.25, 0.3) is 0 Å². The van der Waals surface area contributed by atoms with Crippen molar-refractivity contribution in [2.75, 3.05) is 0 Å². The second kappa shape index (κ2) is 8.46. The summed E-state index contributed by atoms with van der Waals surface area (Å²) in [6.45, 7) is 0. The van der Waals surface area contributed by atoms with Crippen molar-refractivity contribution in [2.45, 2.75) is 29.8 Å².